The zero-order valence-electron chi connectivity index (χ0n) is 18.2. The number of rotatable bonds is 10. The molecule has 0 fully saturated rings. The first-order valence-electron chi connectivity index (χ1n) is 10.3. The maximum absolute atomic E-state index is 12.6. The Kier molecular flexibility index (Phi) is 9.03. The van der Waals surface area contributed by atoms with Gasteiger partial charge in [-0.3, -0.25) is 4.79 Å². The Bertz CT molecular complexity index is 829. The van der Waals surface area contributed by atoms with E-state index in [1.165, 1.54) is 12.1 Å². The zero-order valence-corrected chi connectivity index (χ0v) is 18.2. The van der Waals surface area contributed by atoms with Gasteiger partial charge in [0.05, 0.1) is 6.61 Å². The predicted octanol–water partition coefficient (Wildman–Crippen LogP) is 3.08. The van der Waals surface area contributed by atoms with Crippen molar-refractivity contribution < 1.29 is 29.3 Å². The van der Waals surface area contributed by atoms with Crippen molar-refractivity contribution in [1.29, 1.82) is 0 Å². The van der Waals surface area contributed by atoms with Crippen molar-refractivity contribution in [2.45, 2.75) is 64.6 Å². The number of nitrogens with one attached hydrogen (secondary N) is 1. The molecule has 7 heteroatoms. The molecule has 0 radical (unpaired) electrons. The number of hydrogen-bond acceptors (Lipinski definition) is 6. The Morgan fingerprint density at radius 1 is 1.00 bits per heavy atom. The lowest BCUT2D eigenvalue weighted by molar-refractivity contribution is -0.158. The molecule has 0 aliphatic heterocycles. The first kappa shape index (κ1) is 24.4. The number of phenolic OH excluding ortho intramolecular Hbond substituents is 1. The average molecular weight is 430 g/mol. The maximum Gasteiger partial charge on any atom is 0.329 e. The molecule has 0 aromatic heterocycles. The summed E-state index contributed by atoms with van der Waals surface area (Å²) < 4.78 is 10.8. The Morgan fingerprint density at radius 3 is 2.26 bits per heavy atom. The van der Waals surface area contributed by atoms with Crippen LogP contribution >= 0.6 is 0 Å². The van der Waals surface area contributed by atoms with Crippen LogP contribution in [0.3, 0.4) is 0 Å². The van der Waals surface area contributed by atoms with Gasteiger partial charge in [0.25, 0.3) is 0 Å². The summed E-state index contributed by atoms with van der Waals surface area (Å²) in [4.78, 5) is 25.0. The lowest BCUT2D eigenvalue weighted by Crippen LogP contribution is -2.45. The van der Waals surface area contributed by atoms with Crippen molar-refractivity contribution in [3.63, 3.8) is 0 Å². The lowest BCUT2D eigenvalue weighted by Gasteiger charge is -2.25. The Balaban J connectivity index is 1.89. The highest BCUT2D eigenvalue weighted by atomic mass is 16.6. The summed E-state index contributed by atoms with van der Waals surface area (Å²) in [6.07, 6.45) is -0.791. The van der Waals surface area contributed by atoms with E-state index in [0.717, 1.165) is 11.1 Å². The maximum atomic E-state index is 12.6. The second-order valence-electron chi connectivity index (χ2n) is 8.31. The predicted molar refractivity (Wildman–Crippen MR) is 116 cm³/mol. The van der Waals surface area contributed by atoms with Gasteiger partial charge in [-0.05, 0) is 44.0 Å². The first-order chi connectivity index (χ1) is 14.6. The minimum absolute atomic E-state index is 0.00910. The lowest BCUT2D eigenvalue weighted by atomic mass is 10.0. The number of hydrogen-bond donors (Lipinski definition) is 3. The fraction of sp³-hybridized carbons (Fsp3) is 0.417. The molecule has 7 nitrogen and oxygen atoms in total. The number of benzene rings is 2. The second-order valence-corrected chi connectivity index (χ2v) is 8.31. The zero-order chi connectivity index (χ0) is 22.9. The highest BCUT2D eigenvalue weighted by Gasteiger charge is 2.27. The van der Waals surface area contributed by atoms with Crippen LogP contribution in [0.25, 0.3) is 0 Å². The molecule has 0 saturated heterocycles. The van der Waals surface area contributed by atoms with Crippen molar-refractivity contribution in [3.8, 4) is 5.75 Å². The molecule has 2 aromatic carbocycles. The van der Waals surface area contributed by atoms with Crippen LogP contribution in [0, 0.1) is 0 Å². The number of esters is 1. The molecule has 168 valence electrons. The van der Waals surface area contributed by atoms with E-state index in [-0.39, 0.29) is 31.6 Å². The molecule has 0 bridgehead atoms. The normalized spacial score (nSPS) is 13.3. The van der Waals surface area contributed by atoms with E-state index in [4.69, 9.17) is 9.47 Å². The van der Waals surface area contributed by atoms with Crippen molar-refractivity contribution in [2.24, 2.45) is 0 Å². The van der Waals surface area contributed by atoms with Crippen LogP contribution in [-0.4, -0.2) is 40.0 Å². The van der Waals surface area contributed by atoms with E-state index in [9.17, 15) is 19.8 Å². The van der Waals surface area contributed by atoms with Crippen LogP contribution < -0.4 is 5.32 Å². The molecule has 0 aliphatic carbocycles. The van der Waals surface area contributed by atoms with Crippen LogP contribution in [0.5, 0.6) is 5.75 Å². The van der Waals surface area contributed by atoms with Crippen molar-refractivity contribution in [2.75, 3.05) is 0 Å². The second kappa shape index (κ2) is 11.5. The topological polar surface area (TPSA) is 105 Å². The van der Waals surface area contributed by atoms with Crippen LogP contribution in [0.2, 0.25) is 0 Å². The van der Waals surface area contributed by atoms with Gasteiger partial charge in [0.2, 0.25) is 5.91 Å². The summed E-state index contributed by atoms with van der Waals surface area (Å²) in [6, 6.07) is 14.9. The largest absolute Gasteiger partial charge is 0.508 e. The minimum Gasteiger partial charge on any atom is -0.508 e. The molecular weight excluding hydrogens is 398 g/mol. The molecule has 2 aromatic rings. The Labute approximate surface area is 183 Å². The monoisotopic (exact) mass is 429 g/mol. The van der Waals surface area contributed by atoms with Crippen LogP contribution in [0.1, 0.15) is 44.7 Å². The van der Waals surface area contributed by atoms with Crippen molar-refractivity contribution in [3.05, 3.63) is 65.7 Å². The van der Waals surface area contributed by atoms with Gasteiger partial charge in [-0.25, -0.2) is 4.79 Å². The third-order valence-corrected chi connectivity index (χ3v) is 4.31. The van der Waals surface area contributed by atoms with Gasteiger partial charge in [0.15, 0.2) is 6.29 Å². The quantitative estimate of drug-likeness (QED) is 0.396. The molecule has 1 amide bonds. The van der Waals surface area contributed by atoms with E-state index in [2.05, 4.69) is 5.32 Å². The van der Waals surface area contributed by atoms with Crippen LogP contribution in [0.4, 0.5) is 0 Å². The molecule has 0 spiro atoms. The summed E-state index contributed by atoms with van der Waals surface area (Å²) >= 11 is 0. The summed E-state index contributed by atoms with van der Waals surface area (Å²) in [5.74, 6) is -0.821. The minimum atomic E-state index is -1.09. The number of aromatic hydroxyl groups is 1. The van der Waals surface area contributed by atoms with Gasteiger partial charge in [-0.15, -0.1) is 0 Å². The fourth-order valence-corrected chi connectivity index (χ4v) is 2.80. The number of carbonyl (C=O) groups is 2. The van der Waals surface area contributed by atoms with Gasteiger partial charge in [0, 0.05) is 19.3 Å². The molecule has 2 atom stereocenters. The Morgan fingerprint density at radius 2 is 1.65 bits per heavy atom. The summed E-state index contributed by atoms with van der Waals surface area (Å²) in [7, 11) is 0. The third kappa shape index (κ3) is 9.63. The number of ether oxygens (including phenoxy) is 2. The van der Waals surface area contributed by atoms with E-state index in [1.54, 1.807) is 32.9 Å². The number of aliphatic hydroxyl groups excluding tert-OH is 1. The summed E-state index contributed by atoms with van der Waals surface area (Å²) in [5.41, 5.74) is 0.987. The standard InChI is InChI=1S/C24H31NO6/c1-24(2,3)31-23(29)20(15-17-9-11-19(26)12-10-17)25-21(27)13-14-22(28)30-16-18-7-5-4-6-8-18/h4-12,20,22,26,28H,13-16H2,1-3H3,(H,25,27)/t20-,22?/m0/s1. The molecule has 0 aliphatic rings. The molecular formula is C24H31NO6. The third-order valence-electron chi connectivity index (χ3n) is 4.31. The molecule has 0 saturated carbocycles. The smallest absolute Gasteiger partial charge is 0.329 e. The molecule has 0 heterocycles. The number of carbonyl (C=O) groups excluding carboxylic acids is 2. The molecule has 31 heavy (non-hydrogen) atoms. The highest BCUT2D eigenvalue weighted by Crippen LogP contribution is 2.15. The SMILES string of the molecule is CC(C)(C)OC(=O)[C@H](Cc1ccc(O)cc1)NC(=O)CCC(O)OCc1ccccc1. The average Bonchev–Trinajstić information content (AvgIpc) is 2.71. The van der Waals surface area contributed by atoms with Gasteiger partial charge in [0.1, 0.15) is 17.4 Å². The van der Waals surface area contributed by atoms with Gasteiger partial charge in [-0.2, -0.15) is 0 Å². The molecule has 1 unspecified atom stereocenters. The fourth-order valence-electron chi connectivity index (χ4n) is 2.80. The van der Waals surface area contributed by atoms with Crippen molar-refractivity contribution >= 4 is 11.9 Å². The van der Waals surface area contributed by atoms with Gasteiger partial charge < -0.3 is 25.0 Å². The van der Waals surface area contributed by atoms with Gasteiger partial charge >= 0.3 is 5.97 Å². The highest BCUT2D eigenvalue weighted by molar-refractivity contribution is 5.84. The number of phenols is 1. The number of aliphatic hydroxyl groups is 1. The Hall–Kier alpha value is -2.90. The van der Waals surface area contributed by atoms with E-state index in [0.29, 0.717) is 0 Å². The van der Waals surface area contributed by atoms with E-state index < -0.39 is 29.8 Å². The van der Waals surface area contributed by atoms with Crippen LogP contribution in [0.15, 0.2) is 54.6 Å². The number of amides is 1. The van der Waals surface area contributed by atoms with Crippen molar-refractivity contribution in [1.82, 2.24) is 5.32 Å². The summed E-state index contributed by atoms with van der Waals surface area (Å²) in [5, 5.41) is 22.1. The van der Waals surface area contributed by atoms with E-state index in [1.807, 2.05) is 30.3 Å². The molecule has 2 rings (SSSR count). The molecule has 3 N–H and O–H groups in total. The van der Waals surface area contributed by atoms with Crippen LogP contribution in [-0.2, 0) is 32.1 Å². The first-order valence-corrected chi connectivity index (χ1v) is 10.3. The summed E-state index contributed by atoms with van der Waals surface area (Å²) in [6.45, 7) is 5.51. The van der Waals surface area contributed by atoms with Gasteiger partial charge in [-0.1, -0.05) is 42.5 Å². The van der Waals surface area contributed by atoms with E-state index >= 15 is 0 Å².